The minimum absolute atomic E-state index is 0.0365. The number of rotatable bonds is 76. The van der Waals surface area contributed by atoms with Gasteiger partial charge < -0.3 is 161 Å². The van der Waals surface area contributed by atoms with Crippen LogP contribution in [0.1, 0.15) is 252 Å². The molecule has 36 N–H and O–H groups in total. The summed E-state index contributed by atoms with van der Waals surface area (Å²) in [6.07, 6.45) is -1.41. The van der Waals surface area contributed by atoms with E-state index >= 15 is 0 Å². The lowest BCUT2D eigenvalue weighted by Crippen LogP contribution is -2.61. The van der Waals surface area contributed by atoms with Gasteiger partial charge >= 0.3 is 23.9 Å². The molecule has 0 aliphatic heterocycles. The number of amides is 20. The number of hydrogen-bond donors (Lipinski definition) is 30. The number of aliphatic carboxylic acids is 4. The van der Waals surface area contributed by atoms with Gasteiger partial charge in [-0.05, 0) is 187 Å². The minimum Gasteiger partial charge on any atom is -0.481 e. The maximum absolute atomic E-state index is 14.5. The summed E-state index contributed by atoms with van der Waals surface area (Å²) in [6, 6.07) is -29.2. The first-order chi connectivity index (χ1) is 68.5. The molecule has 0 fully saturated rings. The van der Waals surface area contributed by atoms with Crippen molar-refractivity contribution >= 4 is 142 Å². The van der Waals surface area contributed by atoms with Crippen molar-refractivity contribution in [2.75, 3.05) is 39.3 Å². The molecule has 0 unspecified atom stereocenters. The van der Waals surface area contributed by atoms with Gasteiger partial charge in [0.2, 0.25) is 118 Å². The zero-order chi connectivity index (χ0) is 112. The highest BCUT2D eigenvalue weighted by molar-refractivity contribution is 6.03. The van der Waals surface area contributed by atoms with Crippen molar-refractivity contribution in [3.8, 4) is 0 Å². The average Bonchev–Trinajstić information content (AvgIpc) is 0.839. The number of carbonyl (C=O) groups excluding carboxylic acids is 20. The van der Waals surface area contributed by atoms with Gasteiger partial charge in [0, 0.05) is 12.8 Å². The molecule has 0 rings (SSSR count). The molecule has 0 saturated heterocycles. The molecule has 23 atom stereocenters. The highest BCUT2D eigenvalue weighted by Gasteiger charge is 2.41. The summed E-state index contributed by atoms with van der Waals surface area (Å²) in [5.74, 6) is -28.9. The third kappa shape index (κ3) is 51.2. The Morgan fingerprint density at radius 2 is 0.521 bits per heavy atom. The minimum atomic E-state index is -2.00. The Labute approximate surface area is 849 Å². The first-order valence-corrected chi connectivity index (χ1v) is 49.6. The van der Waals surface area contributed by atoms with E-state index in [9.17, 15) is 141 Å². The fraction of sp³-hybridized carbons (Fsp3) is 0.739. The molecule has 830 valence electrons. The zero-order valence-electron chi connectivity index (χ0n) is 86.4. The van der Waals surface area contributed by atoms with Crippen LogP contribution in [0, 0.1) is 29.6 Å². The molecular formula is C92H163N25O29. The maximum Gasteiger partial charge on any atom is 0.326 e. The van der Waals surface area contributed by atoms with Gasteiger partial charge in [-0.25, -0.2) is 4.79 Å². The number of aliphatic hydroxyl groups excluding tert-OH is 1. The summed E-state index contributed by atoms with van der Waals surface area (Å²) >= 11 is 0. The molecule has 0 aliphatic rings. The Hall–Kier alpha value is -13.0. The Kier molecular flexibility index (Phi) is 64.5. The monoisotopic (exact) mass is 2080 g/mol. The van der Waals surface area contributed by atoms with Crippen LogP contribution in [0.2, 0.25) is 0 Å². The van der Waals surface area contributed by atoms with E-state index in [1.807, 2.05) is 0 Å². The highest BCUT2D eigenvalue weighted by Crippen LogP contribution is 2.18. The Balaban J connectivity index is 6.79. The Bertz CT molecular complexity index is 4340. The third-order valence-electron chi connectivity index (χ3n) is 24.2. The first kappa shape index (κ1) is 133. The zero-order valence-corrected chi connectivity index (χ0v) is 86.4. The van der Waals surface area contributed by atoms with E-state index in [-0.39, 0.29) is 115 Å². The number of nitrogens with two attached hydrogens (primary N) is 6. The maximum atomic E-state index is 14.5. The van der Waals surface area contributed by atoms with E-state index in [0.717, 1.165) is 13.8 Å². The molecule has 0 radical (unpaired) electrons. The molecule has 0 aromatic rings. The van der Waals surface area contributed by atoms with Gasteiger partial charge in [0.05, 0.1) is 32.0 Å². The quantitative estimate of drug-likeness (QED) is 0.0252. The van der Waals surface area contributed by atoms with Crippen molar-refractivity contribution in [3.63, 3.8) is 0 Å². The summed E-state index contributed by atoms with van der Waals surface area (Å²) in [7, 11) is 0. The Morgan fingerprint density at radius 1 is 0.260 bits per heavy atom. The molecule has 146 heavy (non-hydrogen) atoms. The van der Waals surface area contributed by atoms with Crippen LogP contribution in [-0.4, -0.2) is 322 Å². The van der Waals surface area contributed by atoms with Gasteiger partial charge in [0.15, 0.2) is 0 Å². The normalized spacial score (nSPS) is 15.9. The lowest BCUT2D eigenvalue weighted by molar-refractivity contribution is -0.142. The van der Waals surface area contributed by atoms with E-state index < -0.39 is 326 Å². The topological polar surface area (TPSA) is 896 Å². The van der Waals surface area contributed by atoms with Gasteiger partial charge in [-0.2, -0.15) is 0 Å². The number of primary amides is 1. The summed E-state index contributed by atoms with van der Waals surface area (Å²) in [5.41, 5.74) is 34.3. The molecule has 0 aliphatic carbocycles. The highest BCUT2D eigenvalue weighted by atomic mass is 16.4. The molecule has 54 nitrogen and oxygen atoms in total. The molecule has 54 heteroatoms. The fourth-order valence-electron chi connectivity index (χ4n) is 14.1. The van der Waals surface area contributed by atoms with Crippen LogP contribution in [-0.2, 0) is 115 Å². The number of unbranched alkanes of at least 4 members (excludes halogenated alkanes) is 4. The van der Waals surface area contributed by atoms with E-state index in [1.54, 1.807) is 62.3 Å². The molecule has 0 spiro atoms. The predicted octanol–water partition coefficient (Wildman–Crippen LogP) is -7.84. The molecule has 0 heterocycles. The van der Waals surface area contributed by atoms with Crippen molar-refractivity contribution in [3.05, 3.63) is 0 Å². The molecule has 0 aromatic carbocycles. The summed E-state index contributed by atoms with van der Waals surface area (Å²) in [4.78, 5) is 324. The van der Waals surface area contributed by atoms with Crippen LogP contribution in [0.5, 0.6) is 0 Å². The van der Waals surface area contributed by atoms with Crippen LogP contribution in [0.3, 0.4) is 0 Å². The van der Waals surface area contributed by atoms with Gasteiger partial charge in [0.25, 0.3) is 0 Å². The Morgan fingerprint density at radius 3 is 0.856 bits per heavy atom. The van der Waals surface area contributed by atoms with Crippen LogP contribution in [0.4, 0.5) is 0 Å². The van der Waals surface area contributed by atoms with Gasteiger partial charge in [-0.3, -0.25) is 110 Å². The lowest BCUT2D eigenvalue weighted by atomic mass is 9.96. The molecule has 0 aromatic heterocycles. The number of carbonyl (C=O) groups is 24. The summed E-state index contributed by atoms with van der Waals surface area (Å²) in [6.45, 7) is 21.2. The van der Waals surface area contributed by atoms with Crippen LogP contribution in [0.15, 0.2) is 0 Å². The van der Waals surface area contributed by atoms with E-state index in [2.05, 4.69) is 101 Å². The summed E-state index contributed by atoms with van der Waals surface area (Å²) in [5, 5.41) is 95.3. The third-order valence-corrected chi connectivity index (χ3v) is 24.2. The average molecular weight is 2080 g/mol. The van der Waals surface area contributed by atoms with Crippen LogP contribution in [0.25, 0.3) is 0 Å². The largest absolute Gasteiger partial charge is 0.481 e. The number of aliphatic hydroxyl groups is 1. The lowest BCUT2D eigenvalue weighted by Gasteiger charge is -2.30. The molecular weight excluding hydrogens is 1920 g/mol. The number of carboxylic acid groups (broad SMARTS) is 4. The number of hydrogen-bond acceptors (Lipinski definition) is 30. The second-order valence-electron chi connectivity index (χ2n) is 37.0. The van der Waals surface area contributed by atoms with E-state index in [4.69, 9.17) is 34.4 Å². The second-order valence-corrected chi connectivity index (χ2v) is 37.0. The van der Waals surface area contributed by atoms with Crippen molar-refractivity contribution in [1.29, 1.82) is 0 Å². The first-order valence-electron chi connectivity index (χ1n) is 49.6. The molecule has 0 bridgehead atoms. The number of carboxylic acids is 4. The molecule has 0 saturated carbocycles. The SMILES string of the molecule is CC[C@H](C)[C@H](N)C(=O)N[C@@H](CC(N)=O)C(=O)N[C@H](C(=O)N[C@@H](CCCCN)C(=O)NCC(=O)N[C@H](C(=O)N[C@@H](CO)C(=O)N[C@@H](CCC(=O)O)C(=O)N[C@@H](C)C(=O)N[C@@H](CCCCN)C(=O)N[C@@H](C)C(=O)N[C@@H](CC(=O)O)C(=O)N[C@@H](CCCCN)C(=O)N[C@H](C(=O)N[C@@H](CC(C)C)C(=O)N[C@@H](C)C(=O)N[C@@H](CCC(=O)O)C(=O)N[C@@H](C)C(=O)N[C@@H](C)C(=O)N[C@@H](CCCCN)C(=O)O)[C@@H](C)CC)[C@@H](C)CC)[C@@H](C)CC. The van der Waals surface area contributed by atoms with Crippen molar-refractivity contribution in [2.24, 2.45) is 64.0 Å². The van der Waals surface area contributed by atoms with Crippen LogP contribution >= 0.6 is 0 Å². The predicted molar refractivity (Wildman–Crippen MR) is 528 cm³/mol. The van der Waals surface area contributed by atoms with Crippen molar-refractivity contribution in [1.82, 2.24) is 101 Å². The van der Waals surface area contributed by atoms with Gasteiger partial charge in [-0.1, -0.05) is 94.9 Å². The standard InChI is InChI=1S/C92H163N25O29/c1-16-46(7)70(98)88(141)112-62(41-65(97)119)86(139)117-72(48(9)18-3)90(143)109-55(28-20-24-36-93)79(132)99-43-66(120)115-71(47(8)17-2)89(142)114-64(44-118)87(140)108-59(33-35-68(123)124)82(135)103-52(13)75(128)105-56(29-21-25-37-94)80(133)102-54(15)78(131)111-63(42-69(125)126)85(138)107-57(30-22-26-38-95)83(136)116-73(49(10)19-4)91(144)113-61(40-45(5)6)84(137)104-53(14)76(129)106-58(32-34-67(121)122)81(134)101-50(11)74(127)100-51(12)77(130)110-60(92(145)146)31-23-27-39-96/h45-64,70-73,118H,16-44,93-96,98H2,1-15H3,(H2,97,119)(H,99,132)(H,100,127)(H,101,134)(H,102,133)(H,103,135)(H,104,137)(H,105,128)(H,106,129)(H,107,138)(H,108,140)(H,109,143)(H,110,130)(H,111,131)(H,112,141)(H,113,144)(H,114,142)(H,115,120)(H,116,136)(H,117,139)(H,121,122)(H,123,124)(H,125,126)(H,145,146)/t46-,47-,48-,49-,50-,51-,52-,53-,54-,55-,56-,57-,58-,59-,60-,61-,62-,63-,64-,70-,71-,72-,73-/m0/s1. The fourth-order valence-corrected chi connectivity index (χ4v) is 14.1. The molecule has 20 amide bonds. The van der Waals surface area contributed by atoms with Crippen molar-refractivity contribution < 1.29 is 141 Å². The second kappa shape index (κ2) is 70.7. The smallest absolute Gasteiger partial charge is 0.326 e. The van der Waals surface area contributed by atoms with Gasteiger partial charge in [-0.15, -0.1) is 0 Å². The van der Waals surface area contributed by atoms with E-state index in [0.29, 0.717) is 32.1 Å². The van der Waals surface area contributed by atoms with E-state index in [1.165, 1.54) is 27.7 Å². The van der Waals surface area contributed by atoms with Crippen molar-refractivity contribution in [2.45, 2.75) is 366 Å². The number of nitrogens with one attached hydrogen (secondary N) is 19. The van der Waals surface area contributed by atoms with Gasteiger partial charge in [0.1, 0.15) is 109 Å². The summed E-state index contributed by atoms with van der Waals surface area (Å²) < 4.78 is 0. The van der Waals surface area contributed by atoms with Crippen LogP contribution < -0.4 is 135 Å².